The molecule has 0 bridgehead atoms. The third-order valence-electron chi connectivity index (χ3n) is 8.60. The van der Waals surface area contributed by atoms with Gasteiger partial charge in [-0.1, -0.05) is 27.7 Å². The van der Waals surface area contributed by atoms with Gasteiger partial charge < -0.3 is 29.0 Å². The van der Waals surface area contributed by atoms with E-state index in [4.69, 9.17) is 18.9 Å². The second-order valence-corrected chi connectivity index (χ2v) is 13.4. The Morgan fingerprint density at radius 3 is 2.19 bits per heavy atom. The molecule has 10 nitrogen and oxygen atoms in total. The van der Waals surface area contributed by atoms with E-state index in [0.717, 1.165) is 6.92 Å². The Morgan fingerprint density at radius 2 is 1.67 bits per heavy atom. The third-order valence-corrected chi connectivity index (χ3v) is 8.60. The van der Waals surface area contributed by atoms with Gasteiger partial charge in [0.1, 0.15) is 11.7 Å². The van der Waals surface area contributed by atoms with E-state index >= 15 is 4.39 Å². The number of likely N-dealkylation sites (N-methyl/N-ethyl adjacent to an activating group) is 1. The second-order valence-electron chi connectivity index (χ2n) is 13.4. The summed E-state index contributed by atoms with van der Waals surface area (Å²) in [6.07, 6.45) is -2.59. The summed E-state index contributed by atoms with van der Waals surface area (Å²) in [5, 5.41) is 10.9. The number of carbonyl (C=O) groups excluding carboxylic acids is 4. The van der Waals surface area contributed by atoms with E-state index < -0.39 is 70.8 Å². The van der Waals surface area contributed by atoms with Crippen molar-refractivity contribution in [2.75, 3.05) is 14.1 Å². The third kappa shape index (κ3) is 8.03. The molecule has 1 fully saturated rings. The van der Waals surface area contributed by atoms with Crippen LogP contribution >= 0.6 is 0 Å². The Morgan fingerprint density at radius 1 is 1.10 bits per heavy atom. The van der Waals surface area contributed by atoms with Crippen LogP contribution in [0.2, 0.25) is 0 Å². The lowest BCUT2D eigenvalue weighted by atomic mass is 9.70. The molecule has 2 rings (SSSR count). The van der Waals surface area contributed by atoms with Gasteiger partial charge in [0.25, 0.3) is 5.67 Å². The maximum absolute atomic E-state index is 16.1. The highest BCUT2D eigenvalue weighted by molar-refractivity contribution is 6.07. The summed E-state index contributed by atoms with van der Waals surface area (Å²) in [7, 11) is 3.69. The molecule has 42 heavy (non-hydrogen) atoms. The molecule has 1 N–H and O–H groups in total. The van der Waals surface area contributed by atoms with Gasteiger partial charge in [0.2, 0.25) is 0 Å². The molecule has 2 aliphatic heterocycles. The number of aliphatic hydroxyl groups is 1. The van der Waals surface area contributed by atoms with Gasteiger partial charge in [-0.3, -0.25) is 14.4 Å². The Balaban J connectivity index is 2.67. The normalized spacial score (nSPS) is 41.9. The standard InChI is InChI=1S/C31H50FNO9/c1-16-14-29(7,8)26(42-27-24(41-21(6)34)22(33(11)12)13-18(3)39-27)19(4)25(36)31(10,32)28(37)40-20(5)30(9,38)15-17(2)23(16)35/h15-16,18-20,22,24,26-27,38H,13-14H2,1-12H3/b17-15+/t16-,18-,19+,20-,22+,24-,26-,27+,30+,31+/m1/s1. The first-order valence-corrected chi connectivity index (χ1v) is 14.6. The molecule has 0 aromatic heterocycles. The molecular weight excluding hydrogens is 549 g/mol. The van der Waals surface area contributed by atoms with Gasteiger partial charge >= 0.3 is 11.9 Å². The van der Waals surface area contributed by atoms with Crippen molar-refractivity contribution in [2.24, 2.45) is 17.3 Å². The summed E-state index contributed by atoms with van der Waals surface area (Å²) in [6.45, 7) is 15.0. The van der Waals surface area contributed by atoms with Crippen molar-refractivity contribution in [3.05, 3.63) is 11.6 Å². The maximum atomic E-state index is 16.1. The fourth-order valence-corrected chi connectivity index (χ4v) is 6.15. The molecule has 11 heteroatoms. The summed E-state index contributed by atoms with van der Waals surface area (Å²) in [5.74, 6) is -5.14. The number of nitrogens with zero attached hydrogens (tertiary/aromatic N) is 1. The minimum atomic E-state index is -3.08. The van der Waals surface area contributed by atoms with Gasteiger partial charge in [0.05, 0.1) is 18.2 Å². The van der Waals surface area contributed by atoms with Crippen LogP contribution in [0.25, 0.3) is 0 Å². The lowest BCUT2D eigenvalue weighted by Gasteiger charge is -2.47. The first-order chi connectivity index (χ1) is 19.0. The van der Waals surface area contributed by atoms with Crippen LogP contribution in [0.3, 0.4) is 0 Å². The van der Waals surface area contributed by atoms with Crippen molar-refractivity contribution in [3.8, 4) is 0 Å². The average Bonchev–Trinajstić information content (AvgIpc) is 2.85. The number of cyclic esters (lactones) is 1. The lowest BCUT2D eigenvalue weighted by molar-refractivity contribution is -0.288. The number of hydrogen-bond donors (Lipinski definition) is 1. The number of ether oxygens (including phenoxy) is 4. The Bertz CT molecular complexity index is 1070. The van der Waals surface area contributed by atoms with Crippen LogP contribution in [0.4, 0.5) is 4.39 Å². The Hall–Kier alpha value is -2.21. The molecule has 0 radical (unpaired) electrons. The Kier molecular flexibility index (Phi) is 11.3. The predicted octanol–water partition coefficient (Wildman–Crippen LogP) is 3.57. The van der Waals surface area contributed by atoms with Crippen molar-refractivity contribution >= 4 is 23.5 Å². The molecule has 0 aromatic carbocycles. The zero-order chi connectivity index (χ0) is 32.5. The number of alkyl halides is 1. The molecule has 0 spiro atoms. The van der Waals surface area contributed by atoms with Gasteiger partial charge in [0.15, 0.2) is 24.0 Å². The van der Waals surface area contributed by atoms with E-state index in [1.165, 1.54) is 33.8 Å². The molecule has 10 atom stereocenters. The molecule has 0 saturated carbocycles. The number of carbonyl (C=O) groups is 4. The van der Waals surface area contributed by atoms with Crippen LogP contribution in [0, 0.1) is 17.3 Å². The van der Waals surface area contributed by atoms with Crippen molar-refractivity contribution < 1.29 is 47.6 Å². The molecular formula is C31H50FNO9. The SMILES string of the molecule is CC(=O)O[C@H]1[C@H](O[C@@H]2[C@@H](C)C(=O)[C@](C)(F)C(=O)O[C@H](C)[C@@](C)(O)/C=C(\C)C(=O)[C@H](C)CC2(C)C)O[C@H](C)C[C@@H]1N(C)C. The number of ketones is 2. The number of esters is 2. The fourth-order valence-electron chi connectivity index (χ4n) is 6.15. The van der Waals surface area contributed by atoms with Crippen molar-refractivity contribution in [1.29, 1.82) is 0 Å². The molecule has 240 valence electrons. The van der Waals surface area contributed by atoms with Gasteiger partial charge in [-0.25, -0.2) is 9.18 Å². The fraction of sp³-hybridized carbons (Fsp3) is 0.806. The molecule has 2 aliphatic rings. The zero-order valence-corrected chi connectivity index (χ0v) is 27.1. The smallest absolute Gasteiger partial charge is 0.351 e. The maximum Gasteiger partial charge on any atom is 0.351 e. The highest BCUT2D eigenvalue weighted by atomic mass is 19.1. The minimum Gasteiger partial charge on any atom is -0.457 e. The van der Waals surface area contributed by atoms with Gasteiger partial charge in [-0.05, 0) is 78.6 Å². The van der Waals surface area contributed by atoms with E-state index in [1.54, 1.807) is 27.7 Å². The average molecular weight is 600 g/mol. The molecule has 0 aliphatic carbocycles. The van der Waals surface area contributed by atoms with Crippen LogP contribution in [-0.4, -0.2) is 95.6 Å². The van der Waals surface area contributed by atoms with E-state index in [0.29, 0.717) is 6.42 Å². The van der Waals surface area contributed by atoms with E-state index in [2.05, 4.69) is 0 Å². The van der Waals surface area contributed by atoms with E-state index in [1.807, 2.05) is 25.9 Å². The zero-order valence-electron chi connectivity index (χ0n) is 27.1. The van der Waals surface area contributed by atoms with Crippen LogP contribution in [0.5, 0.6) is 0 Å². The first kappa shape index (κ1) is 36.0. The predicted molar refractivity (Wildman–Crippen MR) is 153 cm³/mol. The number of rotatable bonds is 4. The summed E-state index contributed by atoms with van der Waals surface area (Å²) in [6, 6.07) is -0.278. The number of halogens is 1. The quantitative estimate of drug-likeness (QED) is 0.378. The van der Waals surface area contributed by atoms with Gasteiger partial charge in [0, 0.05) is 18.8 Å². The van der Waals surface area contributed by atoms with Crippen molar-refractivity contribution in [1.82, 2.24) is 4.90 Å². The van der Waals surface area contributed by atoms with Gasteiger partial charge in [-0.2, -0.15) is 0 Å². The number of Topliss-reactive ketones (excluding diaryl/α,β-unsaturated/α-hetero) is 2. The highest BCUT2D eigenvalue weighted by Gasteiger charge is 2.53. The topological polar surface area (TPSA) is 129 Å². The van der Waals surface area contributed by atoms with Crippen molar-refractivity contribution in [3.63, 3.8) is 0 Å². The Labute approximate surface area is 249 Å². The summed E-state index contributed by atoms with van der Waals surface area (Å²) >= 11 is 0. The van der Waals surface area contributed by atoms with Crippen molar-refractivity contribution in [2.45, 2.75) is 130 Å². The highest BCUT2D eigenvalue weighted by Crippen LogP contribution is 2.41. The van der Waals surface area contributed by atoms with Crippen LogP contribution in [0.1, 0.15) is 82.1 Å². The molecule has 0 amide bonds. The number of hydrogen-bond acceptors (Lipinski definition) is 10. The van der Waals surface area contributed by atoms with Crippen LogP contribution in [0.15, 0.2) is 11.6 Å². The first-order valence-electron chi connectivity index (χ1n) is 14.6. The van der Waals surface area contributed by atoms with E-state index in [9.17, 15) is 24.3 Å². The lowest BCUT2D eigenvalue weighted by Crippen LogP contribution is -2.59. The monoisotopic (exact) mass is 599 g/mol. The minimum absolute atomic E-state index is 0.210. The summed E-state index contributed by atoms with van der Waals surface area (Å²) in [4.78, 5) is 54.1. The summed E-state index contributed by atoms with van der Waals surface area (Å²) < 4.78 is 39.6. The molecule has 0 unspecified atom stereocenters. The van der Waals surface area contributed by atoms with Crippen LogP contribution in [-0.2, 0) is 38.1 Å². The largest absolute Gasteiger partial charge is 0.457 e. The van der Waals surface area contributed by atoms with E-state index in [-0.39, 0.29) is 29.9 Å². The molecule has 1 saturated heterocycles. The molecule has 2 heterocycles. The molecule has 0 aromatic rings. The van der Waals surface area contributed by atoms with Crippen LogP contribution < -0.4 is 0 Å². The van der Waals surface area contributed by atoms with Gasteiger partial charge in [-0.15, -0.1) is 0 Å². The second kappa shape index (κ2) is 13.2. The summed E-state index contributed by atoms with van der Waals surface area (Å²) in [5.41, 5.74) is -5.58. The number of allylic oxidation sites excluding steroid dienone is 1.